The monoisotopic (exact) mass is 563 g/mol. The van der Waals surface area contributed by atoms with Crippen LogP contribution in [0.3, 0.4) is 0 Å². The molecule has 200 valence electrons. The number of carbonyl (C=O) groups is 1. The Kier molecular flexibility index (Phi) is 7.44. The topological polar surface area (TPSA) is 121 Å². The molecule has 39 heavy (non-hydrogen) atoms. The van der Waals surface area contributed by atoms with Crippen molar-refractivity contribution in [2.24, 2.45) is 0 Å². The van der Waals surface area contributed by atoms with Gasteiger partial charge >= 0.3 is 0 Å². The summed E-state index contributed by atoms with van der Waals surface area (Å²) in [6, 6.07) is 11.4. The Morgan fingerprint density at radius 3 is 2.79 bits per heavy atom. The van der Waals surface area contributed by atoms with Gasteiger partial charge in [0, 0.05) is 37.3 Å². The zero-order valence-corrected chi connectivity index (χ0v) is 22.5. The van der Waals surface area contributed by atoms with Crippen molar-refractivity contribution in [3.8, 4) is 17.1 Å². The Bertz CT molecular complexity index is 1530. The molecule has 5 aromatic rings. The highest BCUT2D eigenvalue weighted by Gasteiger charge is 2.22. The van der Waals surface area contributed by atoms with Crippen molar-refractivity contribution in [1.29, 1.82) is 0 Å². The van der Waals surface area contributed by atoms with E-state index in [2.05, 4.69) is 52.5 Å². The van der Waals surface area contributed by atoms with E-state index in [-0.39, 0.29) is 12.5 Å². The summed E-state index contributed by atoms with van der Waals surface area (Å²) in [7, 11) is 0. The number of amides is 1. The molecule has 4 aromatic heterocycles. The number of carbonyl (C=O) groups excluding carboxylic acids is 1. The number of piperidine rings is 1. The fourth-order valence-corrected chi connectivity index (χ4v) is 5.46. The summed E-state index contributed by atoms with van der Waals surface area (Å²) in [5.74, 6) is 1.23. The maximum Gasteiger partial charge on any atom is 0.263 e. The summed E-state index contributed by atoms with van der Waals surface area (Å²) in [5, 5.41) is 14.8. The van der Waals surface area contributed by atoms with Gasteiger partial charge in [0.25, 0.3) is 5.91 Å². The minimum atomic E-state index is -0.332. The molecular formula is C27H26ClN7O3S. The summed E-state index contributed by atoms with van der Waals surface area (Å²) < 4.78 is 10.3. The van der Waals surface area contributed by atoms with Gasteiger partial charge in [0.2, 0.25) is 0 Å². The van der Waals surface area contributed by atoms with Crippen molar-refractivity contribution in [1.82, 2.24) is 25.0 Å². The average Bonchev–Trinajstić information content (AvgIpc) is 3.73. The first-order chi connectivity index (χ1) is 19.1. The first kappa shape index (κ1) is 25.4. The molecular weight excluding hydrogens is 538 g/mol. The summed E-state index contributed by atoms with van der Waals surface area (Å²) >= 11 is 8.33. The van der Waals surface area contributed by atoms with Crippen LogP contribution in [0.1, 0.15) is 18.4 Å². The van der Waals surface area contributed by atoms with Gasteiger partial charge in [-0.3, -0.25) is 9.69 Å². The van der Waals surface area contributed by atoms with E-state index in [9.17, 15) is 4.79 Å². The number of H-pyrrole nitrogens is 1. The highest BCUT2D eigenvalue weighted by Crippen LogP contribution is 2.32. The largest absolute Gasteiger partial charge is 0.484 e. The van der Waals surface area contributed by atoms with Gasteiger partial charge < -0.3 is 24.9 Å². The van der Waals surface area contributed by atoms with Crippen LogP contribution in [-0.4, -0.2) is 56.7 Å². The zero-order chi connectivity index (χ0) is 26.6. The summed E-state index contributed by atoms with van der Waals surface area (Å²) in [5.41, 5.74) is 4.44. The number of pyridine rings is 1. The van der Waals surface area contributed by atoms with Gasteiger partial charge in [0.05, 0.1) is 16.9 Å². The number of imidazole rings is 1. The van der Waals surface area contributed by atoms with Crippen molar-refractivity contribution >= 4 is 51.5 Å². The molecule has 1 aliphatic rings. The molecule has 0 aliphatic carbocycles. The molecule has 0 spiro atoms. The molecule has 0 saturated carbocycles. The third-order valence-corrected chi connectivity index (χ3v) is 7.62. The quantitative estimate of drug-likeness (QED) is 0.217. The Hall–Kier alpha value is -3.93. The van der Waals surface area contributed by atoms with Crippen molar-refractivity contribution in [3.05, 3.63) is 70.2 Å². The number of aromatic amines is 1. The fourth-order valence-electron chi connectivity index (χ4n) is 4.61. The number of nitrogens with one attached hydrogen (secondary N) is 3. The molecule has 6 rings (SSSR count). The van der Waals surface area contributed by atoms with E-state index in [0.717, 1.165) is 49.2 Å². The lowest BCUT2D eigenvalue weighted by atomic mass is 10.0. The number of thiophene rings is 1. The van der Waals surface area contributed by atoms with E-state index in [1.54, 1.807) is 35.7 Å². The van der Waals surface area contributed by atoms with Crippen molar-refractivity contribution in [2.75, 3.05) is 30.3 Å². The highest BCUT2D eigenvalue weighted by molar-refractivity contribution is 7.07. The first-order valence-electron chi connectivity index (χ1n) is 12.6. The molecule has 0 atom stereocenters. The fraction of sp³-hybridized carbons (Fsp3) is 0.259. The van der Waals surface area contributed by atoms with Crippen LogP contribution in [0.4, 0.5) is 11.5 Å². The molecule has 1 aromatic carbocycles. The lowest BCUT2D eigenvalue weighted by Crippen LogP contribution is -2.38. The molecule has 0 radical (unpaired) electrons. The molecule has 5 heterocycles. The number of aromatic nitrogens is 4. The molecule has 12 heteroatoms. The first-order valence-corrected chi connectivity index (χ1v) is 13.9. The SMILES string of the molecule is O=C(COc1ccc(-c2nc3ncc(Cl)c(NC4CCN(Cc5ccsc5)CC4)c3[nH]2)cc1)Nc1ccon1. The molecule has 1 saturated heterocycles. The van der Waals surface area contributed by atoms with Crippen LogP contribution >= 0.6 is 22.9 Å². The van der Waals surface area contributed by atoms with E-state index >= 15 is 0 Å². The van der Waals surface area contributed by atoms with Crippen LogP contribution in [0.5, 0.6) is 5.75 Å². The number of hydrogen-bond acceptors (Lipinski definition) is 9. The molecule has 3 N–H and O–H groups in total. The Morgan fingerprint density at radius 2 is 2.05 bits per heavy atom. The van der Waals surface area contributed by atoms with Crippen LogP contribution in [-0.2, 0) is 11.3 Å². The minimum absolute atomic E-state index is 0.152. The number of likely N-dealkylation sites (tertiary alicyclic amines) is 1. The van der Waals surface area contributed by atoms with E-state index in [0.29, 0.717) is 34.1 Å². The second kappa shape index (κ2) is 11.4. The normalized spacial score (nSPS) is 14.5. The molecule has 1 aliphatic heterocycles. The van der Waals surface area contributed by atoms with E-state index in [1.807, 2.05) is 12.1 Å². The van der Waals surface area contributed by atoms with E-state index in [1.165, 1.54) is 11.8 Å². The zero-order valence-electron chi connectivity index (χ0n) is 20.9. The van der Waals surface area contributed by atoms with E-state index < -0.39 is 0 Å². The van der Waals surface area contributed by atoms with Gasteiger partial charge in [-0.05, 0) is 59.5 Å². The predicted octanol–water partition coefficient (Wildman–Crippen LogP) is 5.42. The smallest absolute Gasteiger partial charge is 0.263 e. The molecule has 10 nitrogen and oxygen atoms in total. The number of fused-ring (bicyclic) bond motifs is 1. The molecule has 1 fully saturated rings. The number of anilines is 2. The molecule has 0 unspecified atom stereocenters. The Labute approximate surface area is 233 Å². The van der Waals surface area contributed by atoms with Crippen LogP contribution < -0.4 is 15.4 Å². The van der Waals surface area contributed by atoms with Crippen LogP contribution in [0, 0.1) is 0 Å². The number of ether oxygens (including phenoxy) is 1. The third-order valence-electron chi connectivity index (χ3n) is 6.60. The number of hydrogen-bond donors (Lipinski definition) is 3. The average molecular weight is 564 g/mol. The van der Waals surface area contributed by atoms with Crippen LogP contribution in [0.25, 0.3) is 22.6 Å². The highest BCUT2D eigenvalue weighted by atomic mass is 35.5. The second-order valence-corrected chi connectivity index (χ2v) is 10.5. The maximum atomic E-state index is 12.0. The van der Waals surface area contributed by atoms with Crippen LogP contribution in [0.2, 0.25) is 5.02 Å². The Morgan fingerprint density at radius 1 is 1.21 bits per heavy atom. The Balaban J connectivity index is 1.09. The number of benzene rings is 1. The maximum absolute atomic E-state index is 12.0. The van der Waals surface area contributed by atoms with Gasteiger partial charge in [0.1, 0.15) is 23.4 Å². The van der Waals surface area contributed by atoms with E-state index in [4.69, 9.17) is 20.9 Å². The van der Waals surface area contributed by atoms with Crippen molar-refractivity contribution < 1.29 is 14.1 Å². The van der Waals surface area contributed by atoms with Crippen molar-refractivity contribution in [3.63, 3.8) is 0 Å². The van der Waals surface area contributed by atoms with Crippen molar-refractivity contribution in [2.45, 2.75) is 25.4 Å². The van der Waals surface area contributed by atoms with Gasteiger partial charge in [-0.2, -0.15) is 11.3 Å². The second-order valence-electron chi connectivity index (χ2n) is 9.34. The summed E-state index contributed by atoms with van der Waals surface area (Å²) in [4.78, 5) is 27.0. The van der Waals surface area contributed by atoms with Gasteiger partial charge in [0.15, 0.2) is 18.1 Å². The number of rotatable bonds is 9. The van der Waals surface area contributed by atoms with Gasteiger partial charge in [-0.15, -0.1) is 0 Å². The summed E-state index contributed by atoms with van der Waals surface area (Å²) in [6.45, 7) is 2.91. The standard InChI is InChI=1S/C27H26ClN7O3S/c28-21-13-29-27-25(24(21)30-19-5-9-35(10-6-19)14-17-8-12-39-16-17)32-26(33-27)18-1-3-20(4-2-18)37-15-23(36)31-22-7-11-38-34-22/h1-4,7-8,11-13,16,19H,5-6,9-10,14-15H2,(H,31,34,36)(H2,29,30,32,33). The van der Waals surface area contributed by atoms with Gasteiger partial charge in [-0.25, -0.2) is 9.97 Å². The molecule has 1 amide bonds. The third kappa shape index (κ3) is 6.06. The lowest BCUT2D eigenvalue weighted by Gasteiger charge is -2.32. The predicted molar refractivity (Wildman–Crippen MR) is 151 cm³/mol. The molecule has 0 bridgehead atoms. The number of halogens is 1. The van der Waals surface area contributed by atoms with Crippen LogP contribution in [0.15, 0.2) is 64.1 Å². The lowest BCUT2D eigenvalue weighted by molar-refractivity contribution is -0.118. The van der Waals surface area contributed by atoms with Gasteiger partial charge in [-0.1, -0.05) is 16.8 Å². The number of nitrogens with zero attached hydrogens (tertiary/aromatic N) is 4. The minimum Gasteiger partial charge on any atom is -0.484 e. The summed E-state index contributed by atoms with van der Waals surface area (Å²) in [6.07, 6.45) is 5.09.